The van der Waals surface area contributed by atoms with Gasteiger partial charge >= 0.3 is 17.9 Å². The van der Waals surface area contributed by atoms with E-state index in [0.29, 0.717) is 23.9 Å². The number of ether oxygens (including phenoxy) is 4. The second-order valence-electron chi connectivity index (χ2n) is 14.9. The van der Waals surface area contributed by atoms with E-state index in [1.165, 1.54) is 77.0 Å². The maximum absolute atomic E-state index is 12.7. The van der Waals surface area contributed by atoms with Crippen LogP contribution in [0, 0.1) is 0 Å². The molecule has 0 aliphatic rings. The van der Waals surface area contributed by atoms with E-state index in [1.807, 2.05) is 21.1 Å². The number of hydrogen-bond acceptors (Lipinski definition) is 7. The Hall–Kier alpha value is -2.23. The van der Waals surface area contributed by atoms with E-state index in [2.05, 4.69) is 38.2 Å². The van der Waals surface area contributed by atoms with Gasteiger partial charge in [-0.15, -0.1) is 0 Å². The van der Waals surface area contributed by atoms with Crippen LogP contribution in [0.5, 0.6) is 0 Å². The standard InChI is InChI=1S/C42H77NO8/c1-6-8-10-12-14-16-18-19-20-21-22-23-25-27-29-31-33-40(45)51-38(37-50-42(41(46)47)48-35-34-43(3,4)5)36-49-39(44)32-30-28-26-24-17-15-13-11-9-7-2/h16,18,20-21,38,42H,6-15,17,19,22-37H2,1-5H3/p+1/b18-16-,21-20-. The highest BCUT2D eigenvalue weighted by atomic mass is 16.7. The van der Waals surface area contributed by atoms with Gasteiger partial charge in [-0.2, -0.15) is 0 Å². The number of nitrogens with zero attached hydrogens (tertiary/aromatic N) is 1. The van der Waals surface area contributed by atoms with Crippen molar-refractivity contribution >= 4 is 17.9 Å². The zero-order valence-corrected chi connectivity index (χ0v) is 33.5. The van der Waals surface area contributed by atoms with Gasteiger partial charge in [0.2, 0.25) is 0 Å². The molecule has 0 rings (SSSR count). The summed E-state index contributed by atoms with van der Waals surface area (Å²) in [5.74, 6) is -2.03. The van der Waals surface area contributed by atoms with Gasteiger partial charge in [0.25, 0.3) is 6.29 Å². The van der Waals surface area contributed by atoms with Crippen LogP contribution in [-0.2, 0) is 33.3 Å². The fraction of sp³-hybridized carbons (Fsp3) is 0.833. The number of unbranched alkanes of at least 4 members (excludes halogenated alkanes) is 18. The first-order valence-corrected chi connectivity index (χ1v) is 20.5. The molecule has 51 heavy (non-hydrogen) atoms. The predicted molar refractivity (Wildman–Crippen MR) is 208 cm³/mol. The second-order valence-corrected chi connectivity index (χ2v) is 14.9. The first kappa shape index (κ1) is 48.8. The van der Waals surface area contributed by atoms with E-state index in [-0.39, 0.29) is 32.2 Å². The molecule has 0 spiro atoms. The molecule has 0 fully saturated rings. The average molecular weight is 725 g/mol. The van der Waals surface area contributed by atoms with Crippen molar-refractivity contribution in [3.05, 3.63) is 24.3 Å². The van der Waals surface area contributed by atoms with E-state index in [0.717, 1.165) is 57.8 Å². The number of aliphatic carboxylic acids is 1. The molecule has 0 aromatic carbocycles. The minimum absolute atomic E-state index is 0.185. The minimum Gasteiger partial charge on any atom is -0.477 e. The van der Waals surface area contributed by atoms with E-state index in [4.69, 9.17) is 18.9 Å². The summed E-state index contributed by atoms with van der Waals surface area (Å²) in [6.07, 6.45) is 32.3. The Kier molecular flexibility index (Phi) is 33.3. The molecule has 0 aliphatic carbocycles. The van der Waals surface area contributed by atoms with Crippen LogP contribution in [0.3, 0.4) is 0 Å². The molecule has 1 N–H and O–H groups in total. The fourth-order valence-electron chi connectivity index (χ4n) is 5.45. The lowest BCUT2D eigenvalue weighted by atomic mass is 10.1. The quantitative estimate of drug-likeness (QED) is 0.0222. The SMILES string of the molecule is CCCCCC/C=C\C/C=C\CCCCCCCC(=O)OC(COC(=O)CCCCCCCCCCCC)COC(OCC[N+](C)(C)C)C(=O)O. The van der Waals surface area contributed by atoms with Crippen molar-refractivity contribution in [3.8, 4) is 0 Å². The highest BCUT2D eigenvalue weighted by Crippen LogP contribution is 2.13. The molecule has 0 amide bonds. The van der Waals surface area contributed by atoms with Crippen LogP contribution < -0.4 is 0 Å². The largest absolute Gasteiger partial charge is 0.477 e. The zero-order valence-electron chi connectivity index (χ0n) is 33.5. The third-order valence-corrected chi connectivity index (χ3v) is 8.71. The lowest BCUT2D eigenvalue weighted by Gasteiger charge is -2.25. The lowest BCUT2D eigenvalue weighted by molar-refractivity contribution is -0.870. The summed E-state index contributed by atoms with van der Waals surface area (Å²) in [5.41, 5.74) is 0. The summed E-state index contributed by atoms with van der Waals surface area (Å²) in [6, 6.07) is 0. The molecule has 9 heteroatoms. The number of likely N-dealkylation sites (N-methyl/N-ethyl adjacent to an activating group) is 1. The van der Waals surface area contributed by atoms with Crippen molar-refractivity contribution in [2.45, 2.75) is 180 Å². The summed E-state index contributed by atoms with van der Waals surface area (Å²) >= 11 is 0. The van der Waals surface area contributed by atoms with Crippen LogP contribution in [0.2, 0.25) is 0 Å². The normalized spacial score (nSPS) is 13.2. The number of carboxylic acids is 1. The van der Waals surface area contributed by atoms with Gasteiger partial charge in [-0.25, -0.2) is 4.79 Å². The van der Waals surface area contributed by atoms with Crippen LogP contribution in [0.1, 0.15) is 168 Å². The van der Waals surface area contributed by atoms with Crippen molar-refractivity contribution in [2.24, 2.45) is 0 Å². The van der Waals surface area contributed by atoms with Gasteiger partial charge < -0.3 is 28.5 Å². The maximum Gasteiger partial charge on any atom is 0.361 e. The number of allylic oxidation sites excluding steroid dienone is 4. The Morgan fingerprint density at radius 1 is 0.588 bits per heavy atom. The van der Waals surface area contributed by atoms with Crippen molar-refractivity contribution in [2.75, 3.05) is 47.5 Å². The number of carbonyl (C=O) groups excluding carboxylic acids is 2. The molecule has 0 radical (unpaired) electrons. The second kappa shape index (κ2) is 34.8. The average Bonchev–Trinajstić information content (AvgIpc) is 3.08. The number of carboxylic acid groups (broad SMARTS) is 1. The Morgan fingerprint density at radius 3 is 1.57 bits per heavy atom. The van der Waals surface area contributed by atoms with Crippen LogP contribution in [0.15, 0.2) is 24.3 Å². The molecule has 0 aromatic heterocycles. The highest BCUT2D eigenvalue weighted by Gasteiger charge is 2.25. The molecule has 0 aliphatic heterocycles. The van der Waals surface area contributed by atoms with Gasteiger partial charge in [0.05, 0.1) is 34.4 Å². The zero-order chi connectivity index (χ0) is 37.8. The molecule has 2 unspecified atom stereocenters. The number of quaternary nitrogens is 1. The molecule has 2 atom stereocenters. The Labute approximate surface area is 312 Å². The van der Waals surface area contributed by atoms with Crippen LogP contribution in [-0.4, -0.2) is 87.4 Å². The smallest absolute Gasteiger partial charge is 0.361 e. The summed E-state index contributed by atoms with van der Waals surface area (Å²) in [4.78, 5) is 36.9. The molecule has 298 valence electrons. The first-order chi connectivity index (χ1) is 24.6. The highest BCUT2D eigenvalue weighted by molar-refractivity contribution is 5.71. The van der Waals surface area contributed by atoms with E-state index < -0.39 is 24.3 Å². The monoisotopic (exact) mass is 725 g/mol. The summed E-state index contributed by atoms with van der Waals surface area (Å²) in [7, 11) is 5.94. The van der Waals surface area contributed by atoms with Crippen molar-refractivity contribution < 1.29 is 42.9 Å². The molecule has 0 saturated carbocycles. The third-order valence-electron chi connectivity index (χ3n) is 8.71. The third kappa shape index (κ3) is 35.9. The van der Waals surface area contributed by atoms with Gasteiger partial charge in [-0.1, -0.05) is 134 Å². The Morgan fingerprint density at radius 2 is 1.06 bits per heavy atom. The summed E-state index contributed by atoms with van der Waals surface area (Å²) in [6.45, 7) is 4.81. The topological polar surface area (TPSA) is 108 Å². The summed E-state index contributed by atoms with van der Waals surface area (Å²) in [5, 5.41) is 9.59. The number of rotatable bonds is 37. The van der Waals surface area contributed by atoms with Gasteiger partial charge in [-0.3, -0.25) is 9.59 Å². The van der Waals surface area contributed by atoms with E-state index in [1.54, 1.807) is 0 Å². The van der Waals surface area contributed by atoms with Crippen LogP contribution in [0.4, 0.5) is 0 Å². The molecule has 9 nitrogen and oxygen atoms in total. The van der Waals surface area contributed by atoms with Gasteiger partial charge in [0.1, 0.15) is 13.2 Å². The van der Waals surface area contributed by atoms with Gasteiger partial charge in [0, 0.05) is 12.8 Å². The van der Waals surface area contributed by atoms with Crippen molar-refractivity contribution in [1.82, 2.24) is 0 Å². The van der Waals surface area contributed by atoms with Crippen LogP contribution in [0.25, 0.3) is 0 Å². The fourth-order valence-corrected chi connectivity index (χ4v) is 5.45. The molecule has 0 saturated heterocycles. The van der Waals surface area contributed by atoms with E-state index >= 15 is 0 Å². The summed E-state index contributed by atoms with van der Waals surface area (Å²) < 4.78 is 22.6. The molecular formula is C42H78NO8+. The Balaban J connectivity index is 4.51. The molecule has 0 aromatic rings. The van der Waals surface area contributed by atoms with Gasteiger partial charge in [-0.05, 0) is 44.9 Å². The lowest BCUT2D eigenvalue weighted by Crippen LogP contribution is -2.40. The van der Waals surface area contributed by atoms with E-state index in [9.17, 15) is 19.5 Å². The first-order valence-electron chi connectivity index (χ1n) is 20.5. The predicted octanol–water partition coefficient (Wildman–Crippen LogP) is 10.1. The number of hydrogen-bond donors (Lipinski definition) is 1. The molecule has 0 heterocycles. The molecule has 0 bridgehead atoms. The van der Waals surface area contributed by atoms with Crippen molar-refractivity contribution in [3.63, 3.8) is 0 Å². The van der Waals surface area contributed by atoms with Crippen LogP contribution >= 0.6 is 0 Å². The number of carbonyl (C=O) groups is 3. The minimum atomic E-state index is -1.51. The maximum atomic E-state index is 12.7. The number of esters is 2. The molecular weight excluding hydrogens is 646 g/mol. The Bertz CT molecular complexity index is 898. The van der Waals surface area contributed by atoms with Gasteiger partial charge in [0.15, 0.2) is 6.10 Å². The van der Waals surface area contributed by atoms with Crippen molar-refractivity contribution in [1.29, 1.82) is 0 Å².